The Hall–Kier alpha value is -2.54. The van der Waals surface area contributed by atoms with E-state index in [9.17, 15) is 9.59 Å². The third-order valence-corrected chi connectivity index (χ3v) is 3.99. The number of rotatable bonds is 3. The van der Waals surface area contributed by atoms with Crippen LogP contribution in [-0.4, -0.2) is 46.3 Å². The van der Waals surface area contributed by atoms with Gasteiger partial charge in [0, 0.05) is 13.6 Å². The second-order valence-corrected chi connectivity index (χ2v) is 5.73. The van der Waals surface area contributed by atoms with Gasteiger partial charge in [0.25, 0.3) is 0 Å². The zero-order chi connectivity index (χ0) is 16.4. The molecule has 0 saturated carbocycles. The zero-order valence-electron chi connectivity index (χ0n) is 12.5. The van der Waals surface area contributed by atoms with Crippen LogP contribution in [0.2, 0.25) is 5.02 Å². The zero-order valence-corrected chi connectivity index (χ0v) is 13.2. The number of benzene rings is 1. The Balaban J connectivity index is 1.64. The van der Waals surface area contributed by atoms with E-state index in [1.165, 1.54) is 6.20 Å². The topological polar surface area (TPSA) is 79.3 Å². The third kappa shape index (κ3) is 3.29. The van der Waals surface area contributed by atoms with E-state index >= 15 is 0 Å². The van der Waals surface area contributed by atoms with Crippen LogP contribution in [0.15, 0.2) is 36.7 Å². The SMILES string of the molecule is CN1CC[C@H](NC(=O)Nc2cnn(-c3ccccc3Cl)c2)C1=O. The van der Waals surface area contributed by atoms with Crippen LogP contribution < -0.4 is 10.6 Å². The van der Waals surface area contributed by atoms with Gasteiger partial charge in [-0.15, -0.1) is 0 Å². The highest BCUT2D eigenvalue weighted by molar-refractivity contribution is 6.32. The van der Waals surface area contributed by atoms with Crippen molar-refractivity contribution >= 4 is 29.2 Å². The number of hydrogen-bond donors (Lipinski definition) is 2. The van der Waals surface area contributed by atoms with Crippen molar-refractivity contribution in [3.8, 4) is 5.69 Å². The fraction of sp³-hybridized carbons (Fsp3) is 0.267. The van der Waals surface area contributed by atoms with E-state index in [4.69, 9.17) is 11.6 Å². The molecule has 2 heterocycles. The molecule has 1 fully saturated rings. The highest BCUT2D eigenvalue weighted by Gasteiger charge is 2.30. The number of anilines is 1. The molecule has 23 heavy (non-hydrogen) atoms. The maximum Gasteiger partial charge on any atom is 0.319 e. The molecule has 0 spiro atoms. The van der Waals surface area contributed by atoms with Crippen LogP contribution >= 0.6 is 11.6 Å². The maximum absolute atomic E-state index is 12.0. The molecule has 2 N–H and O–H groups in total. The minimum absolute atomic E-state index is 0.0769. The van der Waals surface area contributed by atoms with Crippen LogP contribution in [0.3, 0.4) is 0 Å². The van der Waals surface area contributed by atoms with E-state index in [0.717, 1.165) is 5.69 Å². The van der Waals surface area contributed by atoms with Gasteiger partial charge in [-0.05, 0) is 18.6 Å². The van der Waals surface area contributed by atoms with Crippen molar-refractivity contribution in [1.29, 1.82) is 0 Å². The number of carbonyl (C=O) groups excluding carboxylic acids is 2. The Morgan fingerprint density at radius 1 is 1.39 bits per heavy atom. The minimum atomic E-state index is -0.474. The summed E-state index contributed by atoms with van der Waals surface area (Å²) in [5, 5.41) is 10.1. The summed E-state index contributed by atoms with van der Waals surface area (Å²) in [6.07, 6.45) is 3.79. The monoisotopic (exact) mass is 333 g/mol. The third-order valence-electron chi connectivity index (χ3n) is 3.67. The summed E-state index contributed by atoms with van der Waals surface area (Å²) in [6, 6.07) is 6.37. The van der Waals surface area contributed by atoms with Gasteiger partial charge in [-0.2, -0.15) is 5.10 Å². The molecule has 3 amide bonds. The number of halogens is 1. The normalized spacial score (nSPS) is 17.4. The Bertz CT molecular complexity index is 745. The highest BCUT2D eigenvalue weighted by Crippen LogP contribution is 2.20. The van der Waals surface area contributed by atoms with E-state index in [-0.39, 0.29) is 5.91 Å². The first-order valence-corrected chi connectivity index (χ1v) is 7.54. The molecule has 1 aromatic carbocycles. The van der Waals surface area contributed by atoms with Crippen LogP contribution in [-0.2, 0) is 4.79 Å². The molecule has 120 valence electrons. The summed E-state index contributed by atoms with van der Waals surface area (Å²) in [6.45, 7) is 0.647. The Morgan fingerprint density at radius 2 is 2.17 bits per heavy atom. The molecule has 1 aromatic heterocycles. The molecular formula is C15H16ClN5O2. The number of nitrogens with zero attached hydrogens (tertiary/aromatic N) is 3. The molecule has 1 aliphatic rings. The highest BCUT2D eigenvalue weighted by atomic mass is 35.5. The van der Waals surface area contributed by atoms with Crippen LogP contribution in [0.25, 0.3) is 5.69 Å². The summed E-state index contributed by atoms with van der Waals surface area (Å²) in [5.41, 5.74) is 1.23. The van der Waals surface area contributed by atoms with Crippen LogP contribution in [0.5, 0.6) is 0 Å². The summed E-state index contributed by atoms with van der Waals surface area (Å²) in [5.74, 6) is -0.0769. The van der Waals surface area contributed by atoms with Gasteiger partial charge in [-0.3, -0.25) is 4.79 Å². The Morgan fingerprint density at radius 3 is 2.87 bits per heavy atom. The van der Waals surface area contributed by atoms with Gasteiger partial charge >= 0.3 is 6.03 Å². The van der Waals surface area contributed by atoms with Crippen molar-refractivity contribution in [3.05, 3.63) is 41.7 Å². The Labute approximate surface area is 138 Å². The van der Waals surface area contributed by atoms with Crippen LogP contribution in [0.4, 0.5) is 10.5 Å². The first kappa shape index (κ1) is 15.4. The van der Waals surface area contributed by atoms with Crippen molar-refractivity contribution in [3.63, 3.8) is 0 Å². The lowest BCUT2D eigenvalue weighted by atomic mass is 10.2. The van der Waals surface area contributed by atoms with Gasteiger partial charge in [0.1, 0.15) is 6.04 Å². The van der Waals surface area contributed by atoms with E-state index in [1.807, 2.05) is 18.2 Å². The quantitative estimate of drug-likeness (QED) is 0.900. The predicted molar refractivity (Wildman–Crippen MR) is 86.8 cm³/mol. The van der Waals surface area contributed by atoms with E-state index in [2.05, 4.69) is 15.7 Å². The lowest BCUT2D eigenvalue weighted by molar-refractivity contribution is -0.128. The molecule has 8 heteroatoms. The molecule has 0 aliphatic carbocycles. The van der Waals surface area contributed by atoms with Crippen molar-refractivity contribution in [1.82, 2.24) is 20.0 Å². The van der Waals surface area contributed by atoms with E-state index in [1.54, 1.807) is 28.9 Å². The average molecular weight is 334 g/mol. The second-order valence-electron chi connectivity index (χ2n) is 5.32. The molecule has 2 aromatic rings. The van der Waals surface area contributed by atoms with Crippen molar-refractivity contribution in [2.45, 2.75) is 12.5 Å². The molecule has 1 saturated heterocycles. The molecule has 7 nitrogen and oxygen atoms in total. The van der Waals surface area contributed by atoms with Gasteiger partial charge in [-0.1, -0.05) is 23.7 Å². The van der Waals surface area contributed by atoms with Gasteiger partial charge in [0.05, 0.1) is 28.8 Å². The number of nitrogens with one attached hydrogen (secondary N) is 2. The van der Waals surface area contributed by atoms with Gasteiger partial charge in [0.2, 0.25) is 5.91 Å². The van der Waals surface area contributed by atoms with Gasteiger partial charge in [-0.25, -0.2) is 9.48 Å². The lowest BCUT2D eigenvalue weighted by Crippen LogP contribution is -2.42. The van der Waals surface area contributed by atoms with Crippen LogP contribution in [0.1, 0.15) is 6.42 Å². The molecular weight excluding hydrogens is 318 g/mol. The molecule has 0 radical (unpaired) electrons. The van der Waals surface area contributed by atoms with Crippen molar-refractivity contribution < 1.29 is 9.59 Å². The van der Waals surface area contributed by atoms with Crippen molar-refractivity contribution in [2.75, 3.05) is 18.9 Å². The van der Waals surface area contributed by atoms with E-state index < -0.39 is 12.1 Å². The number of amides is 3. The maximum atomic E-state index is 12.0. The average Bonchev–Trinajstić information content (AvgIpc) is 3.10. The number of para-hydroxylation sites is 1. The number of carbonyl (C=O) groups is 2. The summed E-state index contributed by atoms with van der Waals surface area (Å²) < 4.78 is 1.58. The molecule has 0 unspecified atom stereocenters. The van der Waals surface area contributed by atoms with E-state index in [0.29, 0.717) is 23.7 Å². The first-order chi connectivity index (χ1) is 11.0. The number of urea groups is 1. The molecule has 1 aliphatic heterocycles. The molecule has 3 rings (SSSR count). The van der Waals surface area contributed by atoms with Gasteiger partial charge < -0.3 is 15.5 Å². The lowest BCUT2D eigenvalue weighted by Gasteiger charge is -2.12. The fourth-order valence-electron chi connectivity index (χ4n) is 2.44. The largest absolute Gasteiger partial charge is 0.344 e. The second kappa shape index (κ2) is 6.29. The predicted octanol–water partition coefficient (Wildman–Crippen LogP) is 1.88. The Kier molecular flexibility index (Phi) is 4.20. The summed E-state index contributed by atoms with van der Waals surface area (Å²) in [4.78, 5) is 25.3. The number of likely N-dealkylation sites (tertiary alicyclic amines) is 1. The molecule has 1 atom stereocenters. The number of likely N-dealkylation sites (N-methyl/N-ethyl adjacent to an activating group) is 1. The summed E-state index contributed by atoms with van der Waals surface area (Å²) in [7, 11) is 1.72. The first-order valence-electron chi connectivity index (χ1n) is 7.16. The minimum Gasteiger partial charge on any atom is -0.344 e. The number of hydrogen-bond acceptors (Lipinski definition) is 3. The molecule has 0 bridgehead atoms. The standard InChI is InChI=1S/C15H16ClN5O2/c1-20-7-6-12(14(20)22)19-15(23)18-10-8-17-21(9-10)13-5-3-2-4-11(13)16/h2-5,8-9,12H,6-7H2,1H3,(H2,18,19,23)/t12-/m0/s1. The van der Waals surface area contributed by atoms with Gasteiger partial charge in [0.15, 0.2) is 0 Å². The number of aromatic nitrogens is 2. The fourth-order valence-corrected chi connectivity index (χ4v) is 2.66. The smallest absolute Gasteiger partial charge is 0.319 e. The van der Waals surface area contributed by atoms with Crippen LogP contribution in [0, 0.1) is 0 Å². The van der Waals surface area contributed by atoms with Crippen molar-refractivity contribution in [2.24, 2.45) is 0 Å². The summed E-state index contributed by atoms with van der Waals surface area (Å²) >= 11 is 6.11.